The third kappa shape index (κ3) is 2.62. The summed E-state index contributed by atoms with van der Waals surface area (Å²) in [6, 6.07) is 24.0. The Balaban J connectivity index is 1.54. The zero-order valence-electron chi connectivity index (χ0n) is 17.2. The zero-order valence-corrected chi connectivity index (χ0v) is 17.2. The molecule has 0 bridgehead atoms. The average molecular weight is 410 g/mol. The summed E-state index contributed by atoms with van der Waals surface area (Å²) >= 11 is 0. The van der Waals surface area contributed by atoms with Gasteiger partial charge in [-0.2, -0.15) is 0 Å². The van der Waals surface area contributed by atoms with E-state index in [9.17, 15) is 4.79 Å². The number of aliphatic imine (C=N–C) groups is 1. The van der Waals surface area contributed by atoms with Crippen molar-refractivity contribution in [2.45, 2.75) is 24.4 Å². The number of hydrogen-bond donors (Lipinski definition) is 0. The van der Waals surface area contributed by atoms with Crippen molar-refractivity contribution < 1.29 is 14.3 Å². The molecule has 3 aliphatic rings. The molecule has 154 valence electrons. The number of carbonyl (C=O) groups excluding carboxylic acids is 1. The van der Waals surface area contributed by atoms with Crippen LogP contribution in [0.3, 0.4) is 0 Å². The van der Waals surface area contributed by atoms with Gasteiger partial charge in [0.05, 0.1) is 13.2 Å². The second-order valence-corrected chi connectivity index (χ2v) is 8.31. The molecule has 3 heterocycles. The van der Waals surface area contributed by atoms with E-state index in [-0.39, 0.29) is 12.0 Å². The first-order chi connectivity index (χ1) is 15.2. The van der Waals surface area contributed by atoms with Crippen molar-refractivity contribution in [3.63, 3.8) is 0 Å². The van der Waals surface area contributed by atoms with Gasteiger partial charge in [-0.05, 0) is 53.4 Å². The number of methoxy groups -OCH3 is 1. The molecule has 0 fully saturated rings. The molecule has 2 atom stereocenters. The van der Waals surface area contributed by atoms with Crippen LogP contribution < -0.4 is 9.64 Å². The van der Waals surface area contributed by atoms with Gasteiger partial charge in [-0.15, -0.1) is 0 Å². The maximum absolute atomic E-state index is 13.5. The predicted octanol–water partition coefficient (Wildman–Crippen LogP) is 4.10. The predicted molar refractivity (Wildman–Crippen MR) is 119 cm³/mol. The molecule has 0 saturated heterocycles. The van der Waals surface area contributed by atoms with Crippen LogP contribution in [0.15, 0.2) is 77.8 Å². The Hall–Kier alpha value is -3.60. The smallest absolute Gasteiger partial charge is 0.343 e. The Kier molecular flexibility index (Phi) is 3.93. The Morgan fingerprint density at radius 3 is 2.55 bits per heavy atom. The van der Waals surface area contributed by atoms with Gasteiger partial charge in [-0.25, -0.2) is 9.79 Å². The fourth-order valence-electron chi connectivity index (χ4n) is 5.24. The molecule has 3 aromatic carbocycles. The van der Waals surface area contributed by atoms with E-state index in [1.807, 2.05) is 36.4 Å². The number of rotatable bonds is 2. The fraction of sp³-hybridized carbons (Fsp3) is 0.231. The van der Waals surface area contributed by atoms with E-state index in [4.69, 9.17) is 14.5 Å². The van der Waals surface area contributed by atoms with Gasteiger partial charge in [0.2, 0.25) is 5.90 Å². The SMILES string of the molecule is COc1ccc(C2=N[C@@]3(Cc4ccccc4N4CCc5ccccc5[C@@H]43)C(=O)O2)cc1. The van der Waals surface area contributed by atoms with Gasteiger partial charge in [-0.1, -0.05) is 42.5 Å². The quantitative estimate of drug-likeness (QED) is 0.597. The average Bonchev–Trinajstić information content (AvgIpc) is 3.14. The molecule has 31 heavy (non-hydrogen) atoms. The van der Waals surface area contributed by atoms with E-state index >= 15 is 0 Å². The van der Waals surface area contributed by atoms with Crippen LogP contribution in [0.4, 0.5) is 5.69 Å². The molecule has 3 aliphatic heterocycles. The van der Waals surface area contributed by atoms with Gasteiger partial charge in [-0.3, -0.25) is 0 Å². The summed E-state index contributed by atoms with van der Waals surface area (Å²) < 4.78 is 11.1. The molecule has 0 aromatic heterocycles. The van der Waals surface area contributed by atoms with E-state index in [1.54, 1.807) is 7.11 Å². The lowest BCUT2D eigenvalue weighted by Gasteiger charge is -2.49. The first-order valence-electron chi connectivity index (χ1n) is 10.6. The van der Waals surface area contributed by atoms with Gasteiger partial charge >= 0.3 is 5.97 Å². The molecule has 1 spiro atoms. The highest BCUT2D eigenvalue weighted by Gasteiger charge is 2.58. The molecular formula is C26H22N2O3. The molecule has 0 radical (unpaired) electrons. The van der Waals surface area contributed by atoms with E-state index in [2.05, 4.69) is 41.3 Å². The van der Waals surface area contributed by atoms with Gasteiger partial charge in [0.15, 0.2) is 5.54 Å². The van der Waals surface area contributed by atoms with Crippen molar-refractivity contribution >= 4 is 17.6 Å². The minimum Gasteiger partial charge on any atom is -0.497 e. The van der Waals surface area contributed by atoms with Crippen LogP contribution >= 0.6 is 0 Å². The topological polar surface area (TPSA) is 51.1 Å². The molecule has 0 aliphatic carbocycles. The summed E-state index contributed by atoms with van der Waals surface area (Å²) in [4.78, 5) is 20.9. The number of anilines is 1. The molecule has 0 saturated carbocycles. The van der Waals surface area contributed by atoms with E-state index in [0.29, 0.717) is 12.3 Å². The monoisotopic (exact) mass is 410 g/mol. The van der Waals surface area contributed by atoms with Gasteiger partial charge < -0.3 is 14.4 Å². The van der Waals surface area contributed by atoms with Crippen LogP contribution in [-0.4, -0.2) is 31.1 Å². The summed E-state index contributed by atoms with van der Waals surface area (Å²) in [5, 5.41) is 0. The molecule has 5 heteroatoms. The third-order valence-electron chi connectivity index (χ3n) is 6.68. The number of esters is 1. The lowest BCUT2D eigenvalue weighted by Crippen LogP contribution is -2.56. The Morgan fingerprint density at radius 2 is 1.74 bits per heavy atom. The van der Waals surface area contributed by atoms with Crippen molar-refractivity contribution in [3.8, 4) is 5.75 Å². The highest BCUT2D eigenvalue weighted by Crippen LogP contribution is 2.51. The number of para-hydroxylation sites is 1. The standard InChI is InChI=1S/C26H22N2O3/c1-30-20-12-10-18(11-13-20)24-27-26(25(29)31-24)16-19-7-3-5-9-22(19)28-15-14-17-6-2-4-8-21(17)23(26)28/h2-13,23H,14-16H2,1H3/t23-,26-/m1/s1. The Morgan fingerprint density at radius 1 is 1.00 bits per heavy atom. The van der Waals surface area contributed by atoms with Crippen molar-refractivity contribution in [3.05, 3.63) is 95.1 Å². The second-order valence-electron chi connectivity index (χ2n) is 8.31. The molecule has 0 N–H and O–H groups in total. The fourth-order valence-corrected chi connectivity index (χ4v) is 5.24. The van der Waals surface area contributed by atoms with Crippen LogP contribution in [0.5, 0.6) is 5.75 Å². The molecule has 3 aromatic rings. The Labute approximate surface area is 180 Å². The van der Waals surface area contributed by atoms with Crippen LogP contribution in [0.2, 0.25) is 0 Å². The summed E-state index contributed by atoms with van der Waals surface area (Å²) in [5.41, 5.74) is 4.55. The van der Waals surface area contributed by atoms with Crippen LogP contribution in [-0.2, 0) is 22.4 Å². The van der Waals surface area contributed by atoms with Gasteiger partial charge in [0.1, 0.15) is 5.75 Å². The van der Waals surface area contributed by atoms with Crippen LogP contribution in [0.1, 0.15) is 28.3 Å². The van der Waals surface area contributed by atoms with Crippen molar-refractivity contribution in [2.24, 2.45) is 4.99 Å². The number of ether oxygens (including phenoxy) is 2. The first-order valence-corrected chi connectivity index (χ1v) is 10.6. The van der Waals surface area contributed by atoms with Gasteiger partial charge in [0.25, 0.3) is 0 Å². The van der Waals surface area contributed by atoms with Gasteiger partial charge in [0, 0.05) is 24.2 Å². The van der Waals surface area contributed by atoms with E-state index < -0.39 is 5.54 Å². The summed E-state index contributed by atoms with van der Waals surface area (Å²) in [6.07, 6.45) is 1.47. The maximum atomic E-state index is 13.5. The lowest BCUT2D eigenvalue weighted by atomic mass is 9.73. The third-order valence-corrected chi connectivity index (χ3v) is 6.68. The zero-order chi connectivity index (χ0) is 21.0. The summed E-state index contributed by atoms with van der Waals surface area (Å²) in [5.74, 6) is 0.858. The number of nitrogens with zero attached hydrogens (tertiary/aromatic N) is 2. The summed E-state index contributed by atoms with van der Waals surface area (Å²) in [7, 11) is 1.63. The normalized spacial score (nSPS) is 23.5. The highest BCUT2D eigenvalue weighted by molar-refractivity contribution is 6.09. The largest absolute Gasteiger partial charge is 0.497 e. The first kappa shape index (κ1) is 18.2. The minimum absolute atomic E-state index is 0.185. The maximum Gasteiger partial charge on any atom is 0.343 e. The van der Waals surface area contributed by atoms with Crippen molar-refractivity contribution in [1.82, 2.24) is 0 Å². The molecular weight excluding hydrogens is 388 g/mol. The number of hydrogen-bond acceptors (Lipinski definition) is 5. The van der Waals surface area contributed by atoms with E-state index in [1.165, 1.54) is 16.8 Å². The molecule has 5 nitrogen and oxygen atoms in total. The minimum atomic E-state index is -1.000. The molecule has 0 amide bonds. The van der Waals surface area contributed by atoms with Crippen LogP contribution in [0.25, 0.3) is 0 Å². The molecule has 6 rings (SSSR count). The lowest BCUT2D eigenvalue weighted by molar-refractivity contribution is -0.140. The number of fused-ring (bicyclic) bond motifs is 6. The molecule has 0 unspecified atom stereocenters. The van der Waals surface area contributed by atoms with E-state index in [0.717, 1.165) is 29.8 Å². The van der Waals surface area contributed by atoms with Crippen molar-refractivity contribution in [1.29, 1.82) is 0 Å². The number of cyclic esters (lactones) is 1. The highest BCUT2D eigenvalue weighted by atomic mass is 16.6. The number of carbonyl (C=O) groups is 1. The van der Waals surface area contributed by atoms with Crippen LogP contribution in [0, 0.1) is 0 Å². The second kappa shape index (κ2) is 6.71. The van der Waals surface area contributed by atoms with Crippen molar-refractivity contribution in [2.75, 3.05) is 18.6 Å². The Bertz CT molecular complexity index is 1220. The summed E-state index contributed by atoms with van der Waals surface area (Å²) in [6.45, 7) is 0.848. The number of benzene rings is 3.